The number of rotatable bonds is 2. The van der Waals surface area contributed by atoms with Crippen molar-refractivity contribution >= 4 is 23.1 Å². The molecular weight excluding hydrogens is 244 g/mol. The zero-order valence-electron chi connectivity index (χ0n) is 10.6. The van der Waals surface area contributed by atoms with Crippen LogP contribution >= 0.6 is 12.2 Å². The maximum atomic E-state index is 11.4. The third-order valence-electron chi connectivity index (χ3n) is 3.86. The molecule has 2 rings (SSSR count). The van der Waals surface area contributed by atoms with Crippen LogP contribution in [0.5, 0.6) is 0 Å². The molecule has 0 saturated carbocycles. The minimum Gasteiger partial charge on any atom is -0.393 e. The number of likely N-dealkylation sites (tertiary alicyclic amines) is 1. The number of piperidine rings is 1. The van der Waals surface area contributed by atoms with E-state index in [0.717, 1.165) is 25.9 Å². The Kier molecular flexibility index (Phi) is 3.66. The van der Waals surface area contributed by atoms with Gasteiger partial charge in [-0.3, -0.25) is 4.79 Å². The van der Waals surface area contributed by atoms with E-state index >= 15 is 0 Å². The molecule has 0 bridgehead atoms. The van der Waals surface area contributed by atoms with Gasteiger partial charge in [0.05, 0.1) is 4.99 Å². The molecule has 1 aromatic carbocycles. The number of carbonyl (C=O) groups excluding carboxylic acids is 1. The van der Waals surface area contributed by atoms with Gasteiger partial charge in [-0.25, -0.2) is 0 Å². The van der Waals surface area contributed by atoms with E-state index in [1.165, 1.54) is 5.56 Å². The van der Waals surface area contributed by atoms with Crippen molar-refractivity contribution in [3.63, 3.8) is 0 Å². The Balaban J connectivity index is 2.27. The largest absolute Gasteiger partial charge is 0.393 e. The maximum Gasteiger partial charge on any atom is 0.219 e. The molecule has 4 heteroatoms. The Hall–Kier alpha value is -1.42. The van der Waals surface area contributed by atoms with Gasteiger partial charge in [0.25, 0.3) is 0 Å². The second-order valence-corrected chi connectivity index (χ2v) is 5.26. The Morgan fingerprint density at radius 1 is 1.28 bits per heavy atom. The lowest BCUT2D eigenvalue weighted by molar-refractivity contribution is -0.130. The fraction of sp³-hybridized carbons (Fsp3) is 0.429. The number of hydrogen-bond acceptors (Lipinski definition) is 2. The Labute approximate surface area is 113 Å². The summed E-state index contributed by atoms with van der Waals surface area (Å²) >= 11 is 5.29. The number of benzene rings is 1. The molecule has 0 aromatic heterocycles. The number of thiocarbonyl (C=S) groups is 1. The number of hydrogen-bond donors (Lipinski definition) is 1. The summed E-state index contributed by atoms with van der Waals surface area (Å²) in [5, 5.41) is 0. The number of amides is 1. The fourth-order valence-electron chi connectivity index (χ4n) is 2.64. The van der Waals surface area contributed by atoms with Gasteiger partial charge in [0.2, 0.25) is 5.91 Å². The molecular formula is C14H18N2OS. The molecule has 1 fully saturated rings. The first-order valence-corrected chi connectivity index (χ1v) is 6.58. The average molecular weight is 262 g/mol. The molecule has 1 saturated heterocycles. The molecule has 1 aliphatic rings. The topological polar surface area (TPSA) is 46.3 Å². The predicted octanol–water partition coefficient (Wildman–Crippen LogP) is 1.85. The summed E-state index contributed by atoms with van der Waals surface area (Å²) in [6.07, 6.45) is 1.62. The van der Waals surface area contributed by atoms with Crippen LogP contribution in [0, 0.1) is 0 Å². The predicted molar refractivity (Wildman–Crippen MR) is 76.4 cm³/mol. The van der Waals surface area contributed by atoms with Crippen LogP contribution in [0.15, 0.2) is 30.3 Å². The van der Waals surface area contributed by atoms with Crippen molar-refractivity contribution in [3.05, 3.63) is 35.9 Å². The van der Waals surface area contributed by atoms with Gasteiger partial charge in [-0.05, 0) is 18.4 Å². The molecule has 96 valence electrons. The van der Waals surface area contributed by atoms with Gasteiger partial charge in [-0.1, -0.05) is 42.5 Å². The van der Waals surface area contributed by atoms with Crippen LogP contribution in [-0.2, 0) is 10.2 Å². The lowest BCUT2D eigenvalue weighted by Crippen LogP contribution is -2.50. The Morgan fingerprint density at radius 2 is 1.83 bits per heavy atom. The number of nitrogens with two attached hydrogens (primary N) is 1. The molecule has 0 atom stereocenters. The summed E-state index contributed by atoms with van der Waals surface area (Å²) in [7, 11) is 0. The van der Waals surface area contributed by atoms with Crippen molar-refractivity contribution in [1.29, 1.82) is 0 Å². The third kappa shape index (κ3) is 2.25. The Bertz CT molecular complexity index is 450. The highest BCUT2D eigenvalue weighted by molar-refractivity contribution is 7.80. The molecule has 1 aliphatic heterocycles. The first-order valence-electron chi connectivity index (χ1n) is 6.17. The van der Waals surface area contributed by atoms with Crippen LogP contribution < -0.4 is 5.73 Å². The van der Waals surface area contributed by atoms with E-state index in [1.807, 2.05) is 23.1 Å². The van der Waals surface area contributed by atoms with Crippen molar-refractivity contribution in [3.8, 4) is 0 Å². The summed E-state index contributed by atoms with van der Waals surface area (Å²) in [6.45, 7) is 3.05. The summed E-state index contributed by atoms with van der Waals surface area (Å²) in [4.78, 5) is 13.8. The Morgan fingerprint density at radius 3 is 2.28 bits per heavy atom. The summed E-state index contributed by atoms with van der Waals surface area (Å²) in [6, 6.07) is 10.1. The zero-order chi connectivity index (χ0) is 13.2. The molecule has 1 aromatic rings. The van der Waals surface area contributed by atoms with E-state index < -0.39 is 0 Å². The van der Waals surface area contributed by atoms with Crippen LogP contribution in [0.3, 0.4) is 0 Å². The minimum atomic E-state index is -0.247. The van der Waals surface area contributed by atoms with Gasteiger partial charge in [-0.15, -0.1) is 0 Å². The first kappa shape index (κ1) is 13.0. The highest BCUT2D eigenvalue weighted by atomic mass is 32.1. The van der Waals surface area contributed by atoms with E-state index in [2.05, 4.69) is 12.1 Å². The van der Waals surface area contributed by atoms with E-state index in [4.69, 9.17) is 18.0 Å². The van der Waals surface area contributed by atoms with Gasteiger partial charge in [0.15, 0.2) is 0 Å². The maximum absolute atomic E-state index is 11.4. The molecule has 3 nitrogen and oxygen atoms in total. The molecule has 0 radical (unpaired) electrons. The van der Waals surface area contributed by atoms with E-state index in [1.54, 1.807) is 6.92 Å². The number of nitrogens with zero attached hydrogens (tertiary/aromatic N) is 1. The van der Waals surface area contributed by atoms with Gasteiger partial charge in [0.1, 0.15) is 0 Å². The van der Waals surface area contributed by atoms with E-state index in [9.17, 15) is 4.79 Å². The van der Waals surface area contributed by atoms with Gasteiger partial charge in [-0.2, -0.15) is 0 Å². The van der Waals surface area contributed by atoms with Gasteiger partial charge >= 0.3 is 0 Å². The SMILES string of the molecule is CC(=O)N1CCC(C(N)=S)(c2ccccc2)CC1. The van der Waals surface area contributed by atoms with Crippen LogP contribution in [0.1, 0.15) is 25.3 Å². The molecule has 2 N–H and O–H groups in total. The van der Waals surface area contributed by atoms with Gasteiger partial charge in [0, 0.05) is 25.4 Å². The highest BCUT2D eigenvalue weighted by Crippen LogP contribution is 2.35. The van der Waals surface area contributed by atoms with Crippen molar-refractivity contribution in [1.82, 2.24) is 4.90 Å². The molecule has 0 spiro atoms. The molecule has 0 aliphatic carbocycles. The lowest BCUT2D eigenvalue weighted by atomic mass is 9.72. The molecule has 1 amide bonds. The standard InChI is InChI=1S/C14H18N2OS/c1-11(17)16-9-7-14(8-10-16,13(15)18)12-5-3-2-4-6-12/h2-6H,7-10H2,1H3,(H2,15,18). The monoisotopic (exact) mass is 262 g/mol. The first-order chi connectivity index (χ1) is 8.56. The van der Waals surface area contributed by atoms with Crippen molar-refractivity contribution in [2.45, 2.75) is 25.2 Å². The average Bonchev–Trinajstić information content (AvgIpc) is 2.39. The fourth-order valence-corrected chi connectivity index (χ4v) is 2.96. The number of carbonyl (C=O) groups is 1. The van der Waals surface area contributed by atoms with Crippen LogP contribution in [0.25, 0.3) is 0 Å². The molecule has 0 unspecified atom stereocenters. The van der Waals surface area contributed by atoms with E-state index in [-0.39, 0.29) is 11.3 Å². The van der Waals surface area contributed by atoms with Crippen molar-refractivity contribution in [2.24, 2.45) is 5.73 Å². The van der Waals surface area contributed by atoms with Crippen LogP contribution in [0.2, 0.25) is 0 Å². The highest BCUT2D eigenvalue weighted by Gasteiger charge is 2.39. The summed E-state index contributed by atoms with van der Waals surface area (Å²) in [5.41, 5.74) is 6.90. The normalized spacial score (nSPS) is 18.4. The van der Waals surface area contributed by atoms with Crippen molar-refractivity contribution < 1.29 is 4.79 Å². The second-order valence-electron chi connectivity index (χ2n) is 4.82. The second kappa shape index (κ2) is 5.06. The molecule has 1 heterocycles. The molecule has 18 heavy (non-hydrogen) atoms. The summed E-state index contributed by atoms with van der Waals surface area (Å²) < 4.78 is 0. The van der Waals surface area contributed by atoms with Crippen LogP contribution in [0.4, 0.5) is 0 Å². The summed E-state index contributed by atoms with van der Waals surface area (Å²) in [5.74, 6) is 0.125. The van der Waals surface area contributed by atoms with Gasteiger partial charge < -0.3 is 10.6 Å². The third-order valence-corrected chi connectivity index (χ3v) is 4.25. The minimum absolute atomic E-state index is 0.125. The smallest absolute Gasteiger partial charge is 0.219 e. The van der Waals surface area contributed by atoms with Crippen molar-refractivity contribution in [2.75, 3.05) is 13.1 Å². The lowest BCUT2D eigenvalue weighted by Gasteiger charge is -2.41. The zero-order valence-corrected chi connectivity index (χ0v) is 11.4. The quantitative estimate of drug-likeness (QED) is 0.827. The van der Waals surface area contributed by atoms with E-state index in [0.29, 0.717) is 4.99 Å². The van der Waals surface area contributed by atoms with Crippen LogP contribution in [-0.4, -0.2) is 28.9 Å².